The fraction of sp³-hybridized carbons (Fsp3) is 0.174. The van der Waals surface area contributed by atoms with Crippen molar-refractivity contribution < 1.29 is 27.5 Å². The maximum Gasteiger partial charge on any atom is 0.416 e. The smallest absolute Gasteiger partial charge is 0.416 e. The molecule has 4 rings (SSSR count). The van der Waals surface area contributed by atoms with Gasteiger partial charge >= 0.3 is 12.1 Å². The van der Waals surface area contributed by atoms with E-state index in [1.165, 1.54) is 19.1 Å². The fourth-order valence-corrected chi connectivity index (χ4v) is 4.06. The van der Waals surface area contributed by atoms with Gasteiger partial charge in [-0.3, -0.25) is 14.8 Å². The molecule has 2 aromatic heterocycles. The summed E-state index contributed by atoms with van der Waals surface area (Å²) in [6.45, 7) is 2.80. The fourth-order valence-electron chi connectivity index (χ4n) is 3.19. The van der Waals surface area contributed by atoms with Crippen molar-refractivity contribution in [2.75, 3.05) is 4.90 Å². The van der Waals surface area contributed by atoms with E-state index in [4.69, 9.17) is 4.74 Å². The molecule has 180 valence electrons. The topological polar surface area (TPSA) is 101 Å². The van der Waals surface area contributed by atoms with Crippen LogP contribution in [0.1, 0.15) is 34.4 Å². The number of aryl methyl sites for hydroxylation is 1. The summed E-state index contributed by atoms with van der Waals surface area (Å²) in [6.07, 6.45) is -4.55. The number of esters is 1. The second-order valence-corrected chi connectivity index (χ2v) is 8.26. The molecule has 0 unspecified atom stereocenters. The molecule has 0 saturated carbocycles. The Morgan fingerprint density at radius 3 is 2.57 bits per heavy atom. The number of rotatable bonds is 6. The van der Waals surface area contributed by atoms with Crippen LogP contribution >= 0.6 is 11.3 Å². The van der Waals surface area contributed by atoms with Gasteiger partial charge in [0.1, 0.15) is 12.4 Å². The number of amides is 1. The SMILES string of the molecule is CC(=O)N(c1cccc(C(F)(F)F)c1)c1nc(COC(=O)c2cccc(-c3n[nH]c(C)n3)c2)cs1. The van der Waals surface area contributed by atoms with Gasteiger partial charge < -0.3 is 4.74 Å². The van der Waals surface area contributed by atoms with Gasteiger partial charge in [-0.15, -0.1) is 11.3 Å². The molecule has 0 aliphatic carbocycles. The zero-order valence-electron chi connectivity index (χ0n) is 18.5. The maximum atomic E-state index is 13.1. The Kier molecular flexibility index (Phi) is 6.65. The van der Waals surface area contributed by atoms with Crippen LogP contribution in [0.5, 0.6) is 0 Å². The van der Waals surface area contributed by atoms with E-state index in [0.717, 1.165) is 28.4 Å². The molecule has 0 atom stereocenters. The number of H-pyrrole nitrogens is 1. The second-order valence-electron chi connectivity index (χ2n) is 7.43. The normalized spacial score (nSPS) is 11.3. The summed E-state index contributed by atoms with van der Waals surface area (Å²) >= 11 is 1.05. The number of aromatic nitrogens is 4. The Balaban J connectivity index is 1.48. The van der Waals surface area contributed by atoms with E-state index < -0.39 is 23.6 Å². The van der Waals surface area contributed by atoms with Crippen molar-refractivity contribution in [2.45, 2.75) is 26.6 Å². The third kappa shape index (κ3) is 5.54. The van der Waals surface area contributed by atoms with Gasteiger partial charge in [-0.2, -0.15) is 18.3 Å². The standard InChI is InChI=1S/C23H18F3N5O3S/c1-13-27-20(30-29-13)15-5-3-6-16(9-15)21(33)34-11-18-12-35-22(28-18)31(14(2)32)19-8-4-7-17(10-19)23(24,25)26/h3-10,12H,11H2,1-2H3,(H,27,29,30). The van der Waals surface area contributed by atoms with Crippen molar-refractivity contribution in [3.8, 4) is 11.4 Å². The van der Waals surface area contributed by atoms with E-state index in [9.17, 15) is 22.8 Å². The van der Waals surface area contributed by atoms with Gasteiger partial charge in [-0.05, 0) is 37.3 Å². The van der Waals surface area contributed by atoms with Crippen molar-refractivity contribution in [3.63, 3.8) is 0 Å². The molecule has 2 aromatic carbocycles. The summed E-state index contributed by atoms with van der Waals surface area (Å²) in [7, 11) is 0. The van der Waals surface area contributed by atoms with Crippen LogP contribution in [0.25, 0.3) is 11.4 Å². The number of halogens is 3. The van der Waals surface area contributed by atoms with Gasteiger partial charge in [0.2, 0.25) is 5.91 Å². The molecule has 1 N–H and O–H groups in total. The van der Waals surface area contributed by atoms with Gasteiger partial charge in [0.25, 0.3) is 0 Å². The summed E-state index contributed by atoms with van der Waals surface area (Å²) in [4.78, 5) is 34.4. The highest BCUT2D eigenvalue weighted by Gasteiger charge is 2.31. The number of nitrogens with zero attached hydrogens (tertiary/aromatic N) is 4. The predicted molar refractivity (Wildman–Crippen MR) is 122 cm³/mol. The highest BCUT2D eigenvalue weighted by atomic mass is 32.1. The van der Waals surface area contributed by atoms with E-state index >= 15 is 0 Å². The Morgan fingerprint density at radius 2 is 1.89 bits per heavy atom. The van der Waals surface area contributed by atoms with Gasteiger partial charge in [0.15, 0.2) is 11.0 Å². The molecule has 0 fully saturated rings. The summed E-state index contributed by atoms with van der Waals surface area (Å²) in [5, 5.41) is 8.53. The zero-order chi connectivity index (χ0) is 25.2. The molecule has 4 aromatic rings. The predicted octanol–water partition coefficient (Wildman–Crippen LogP) is 5.30. The number of benzene rings is 2. The minimum Gasteiger partial charge on any atom is -0.456 e. The van der Waals surface area contributed by atoms with E-state index in [2.05, 4.69) is 20.2 Å². The van der Waals surface area contributed by atoms with Gasteiger partial charge in [-0.1, -0.05) is 18.2 Å². The Hall–Kier alpha value is -4.06. The van der Waals surface area contributed by atoms with Crippen molar-refractivity contribution in [1.82, 2.24) is 20.2 Å². The number of hydrogen-bond donors (Lipinski definition) is 1. The number of carbonyl (C=O) groups is 2. The first-order valence-electron chi connectivity index (χ1n) is 10.2. The average Bonchev–Trinajstić information content (AvgIpc) is 3.46. The van der Waals surface area contributed by atoms with Crippen LogP contribution in [-0.2, 0) is 22.3 Å². The Labute approximate surface area is 201 Å². The lowest BCUT2D eigenvalue weighted by molar-refractivity contribution is -0.137. The van der Waals surface area contributed by atoms with Crippen LogP contribution in [0.4, 0.5) is 24.0 Å². The number of ether oxygens (including phenoxy) is 1. The molecular formula is C23H18F3N5O3S. The van der Waals surface area contributed by atoms with E-state index in [0.29, 0.717) is 22.9 Å². The minimum absolute atomic E-state index is 0.0317. The molecule has 0 spiro atoms. The highest BCUT2D eigenvalue weighted by Crippen LogP contribution is 2.35. The van der Waals surface area contributed by atoms with Crippen LogP contribution in [0.2, 0.25) is 0 Å². The monoisotopic (exact) mass is 501 g/mol. The summed E-state index contributed by atoms with van der Waals surface area (Å²) in [5.41, 5.74) is 0.420. The van der Waals surface area contributed by atoms with Gasteiger partial charge in [0, 0.05) is 17.9 Å². The number of thiazole rings is 1. The molecule has 1 amide bonds. The Morgan fingerprint density at radius 1 is 1.11 bits per heavy atom. The van der Waals surface area contributed by atoms with Gasteiger partial charge in [-0.25, -0.2) is 14.8 Å². The molecule has 0 aliphatic rings. The zero-order valence-corrected chi connectivity index (χ0v) is 19.3. The van der Waals surface area contributed by atoms with Crippen LogP contribution in [0.3, 0.4) is 0 Å². The van der Waals surface area contributed by atoms with Crippen LogP contribution in [0.15, 0.2) is 53.9 Å². The molecule has 2 heterocycles. The summed E-state index contributed by atoms with van der Waals surface area (Å²) < 4.78 is 44.6. The number of alkyl halides is 3. The molecule has 0 saturated heterocycles. The van der Waals surface area contributed by atoms with Crippen LogP contribution in [-0.4, -0.2) is 32.0 Å². The molecule has 35 heavy (non-hydrogen) atoms. The molecular weight excluding hydrogens is 483 g/mol. The average molecular weight is 501 g/mol. The van der Waals surface area contributed by atoms with E-state index in [-0.39, 0.29) is 23.0 Å². The first-order valence-corrected chi connectivity index (χ1v) is 11.1. The number of anilines is 2. The number of aromatic amines is 1. The minimum atomic E-state index is -4.55. The first-order chi connectivity index (χ1) is 16.6. The van der Waals surface area contributed by atoms with Crippen molar-refractivity contribution >= 4 is 34.0 Å². The third-order valence-electron chi connectivity index (χ3n) is 4.78. The molecule has 12 heteroatoms. The Bertz CT molecular complexity index is 1380. The van der Waals surface area contributed by atoms with E-state index in [1.807, 2.05) is 0 Å². The highest BCUT2D eigenvalue weighted by molar-refractivity contribution is 7.14. The lowest BCUT2D eigenvalue weighted by Crippen LogP contribution is -2.23. The molecule has 8 nitrogen and oxygen atoms in total. The van der Waals surface area contributed by atoms with Gasteiger partial charge in [0.05, 0.1) is 22.5 Å². The van der Waals surface area contributed by atoms with Crippen LogP contribution in [0, 0.1) is 6.92 Å². The van der Waals surface area contributed by atoms with Crippen molar-refractivity contribution in [1.29, 1.82) is 0 Å². The quantitative estimate of drug-likeness (QED) is 0.360. The summed E-state index contributed by atoms with van der Waals surface area (Å²) in [6, 6.07) is 11.0. The summed E-state index contributed by atoms with van der Waals surface area (Å²) in [5.74, 6) is -0.0338. The number of carbonyl (C=O) groups excluding carboxylic acids is 2. The lowest BCUT2D eigenvalue weighted by Gasteiger charge is -2.19. The van der Waals surface area contributed by atoms with Crippen LogP contribution < -0.4 is 4.90 Å². The largest absolute Gasteiger partial charge is 0.456 e. The second kappa shape index (κ2) is 9.66. The van der Waals surface area contributed by atoms with Crippen molar-refractivity contribution in [3.05, 3.63) is 76.6 Å². The molecule has 0 bridgehead atoms. The van der Waals surface area contributed by atoms with Crippen molar-refractivity contribution in [2.24, 2.45) is 0 Å². The molecule has 0 radical (unpaired) electrons. The lowest BCUT2D eigenvalue weighted by atomic mass is 10.1. The number of nitrogens with one attached hydrogen (secondary N) is 1. The first kappa shape index (κ1) is 24.1. The molecule has 0 aliphatic heterocycles. The number of hydrogen-bond acceptors (Lipinski definition) is 7. The third-order valence-corrected chi connectivity index (χ3v) is 5.66. The maximum absolute atomic E-state index is 13.1. The van der Waals surface area contributed by atoms with E-state index in [1.54, 1.807) is 36.6 Å².